The topological polar surface area (TPSA) is 61.0 Å². The van der Waals surface area contributed by atoms with Gasteiger partial charge >= 0.3 is 0 Å². The number of aromatic amines is 1. The van der Waals surface area contributed by atoms with Gasteiger partial charge in [-0.05, 0) is 81.1 Å². The Hall–Kier alpha value is -2.31. The number of fused-ring (bicyclic) bond motifs is 1. The third-order valence-electron chi connectivity index (χ3n) is 5.38. The molecule has 2 aromatic carbocycles. The molecule has 1 aliphatic rings. The van der Waals surface area contributed by atoms with Gasteiger partial charge in [0.05, 0.1) is 17.6 Å². The van der Waals surface area contributed by atoms with Gasteiger partial charge in [-0.3, -0.25) is 9.69 Å². The monoisotopic (exact) mass is 394 g/mol. The van der Waals surface area contributed by atoms with Crippen LogP contribution >= 0.6 is 11.8 Å². The molecule has 5 nitrogen and oxygen atoms in total. The number of anilines is 1. The van der Waals surface area contributed by atoms with E-state index in [-0.39, 0.29) is 11.8 Å². The van der Waals surface area contributed by atoms with E-state index in [9.17, 15) is 4.79 Å². The molecule has 0 spiro atoms. The third kappa shape index (κ3) is 4.39. The molecule has 3 aromatic rings. The van der Waals surface area contributed by atoms with Crippen molar-refractivity contribution in [2.45, 2.75) is 31.2 Å². The van der Waals surface area contributed by atoms with Gasteiger partial charge in [-0.15, -0.1) is 11.8 Å². The fourth-order valence-electron chi connectivity index (χ4n) is 3.73. The molecule has 1 saturated heterocycles. The summed E-state index contributed by atoms with van der Waals surface area (Å²) in [6, 6.07) is 14.3. The summed E-state index contributed by atoms with van der Waals surface area (Å²) < 4.78 is 0. The Balaban J connectivity index is 1.30. The van der Waals surface area contributed by atoms with Crippen LogP contribution in [0.1, 0.15) is 24.2 Å². The van der Waals surface area contributed by atoms with Crippen LogP contribution in [-0.2, 0) is 11.3 Å². The van der Waals surface area contributed by atoms with Crippen LogP contribution in [0.5, 0.6) is 0 Å². The van der Waals surface area contributed by atoms with Crippen molar-refractivity contribution in [1.29, 1.82) is 0 Å². The minimum absolute atomic E-state index is 0.0785. The van der Waals surface area contributed by atoms with Crippen LogP contribution in [0, 0.1) is 12.8 Å². The van der Waals surface area contributed by atoms with Crippen molar-refractivity contribution in [2.24, 2.45) is 5.92 Å². The Kier molecular flexibility index (Phi) is 5.69. The molecule has 0 atom stereocenters. The fraction of sp³-hybridized carbons (Fsp3) is 0.364. The molecule has 1 aromatic heterocycles. The first-order valence-corrected chi connectivity index (χ1v) is 11.0. The van der Waals surface area contributed by atoms with Gasteiger partial charge in [0.15, 0.2) is 0 Å². The summed E-state index contributed by atoms with van der Waals surface area (Å²) in [6.07, 6.45) is 3.82. The van der Waals surface area contributed by atoms with E-state index in [0.29, 0.717) is 0 Å². The lowest BCUT2D eigenvalue weighted by atomic mass is 9.96. The van der Waals surface area contributed by atoms with Crippen molar-refractivity contribution in [1.82, 2.24) is 14.9 Å². The number of likely N-dealkylation sites (tertiary alicyclic amines) is 1. The molecule has 0 aliphatic carbocycles. The number of thioether (sulfide) groups is 1. The number of nitrogens with zero attached hydrogens (tertiary/aromatic N) is 2. The van der Waals surface area contributed by atoms with Crippen molar-refractivity contribution in [3.8, 4) is 0 Å². The van der Waals surface area contributed by atoms with Crippen LogP contribution in [0.4, 0.5) is 5.69 Å². The first kappa shape index (κ1) is 19.0. The van der Waals surface area contributed by atoms with Crippen molar-refractivity contribution in [3.05, 3.63) is 53.9 Å². The molecule has 2 heterocycles. The van der Waals surface area contributed by atoms with Crippen molar-refractivity contribution >= 4 is 34.4 Å². The molecule has 6 heteroatoms. The summed E-state index contributed by atoms with van der Waals surface area (Å²) in [7, 11) is 0. The maximum Gasteiger partial charge on any atom is 0.227 e. The van der Waals surface area contributed by atoms with Crippen molar-refractivity contribution in [3.63, 3.8) is 0 Å². The Labute approximate surface area is 169 Å². The largest absolute Gasteiger partial charge is 0.341 e. The van der Waals surface area contributed by atoms with Gasteiger partial charge in [0.25, 0.3) is 0 Å². The molecule has 28 heavy (non-hydrogen) atoms. The van der Waals surface area contributed by atoms with Gasteiger partial charge in [0.2, 0.25) is 5.91 Å². The summed E-state index contributed by atoms with van der Waals surface area (Å²) in [5, 5.41) is 3.07. The SMILES string of the molecule is CSc1ccc(NC(=O)C2CCN(Cc3nc4ccc(C)cc4[nH]3)CC2)cc1. The zero-order valence-corrected chi connectivity index (χ0v) is 17.2. The van der Waals surface area contributed by atoms with E-state index in [1.807, 2.05) is 30.5 Å². The highest BCUT2D eigenvalue weighted by Crippen LogP contribution is 2.23. The zero-order valence-electron chi connectivity index (χ0n) is 16.4. The van der Waals surface area contributed by atoms with E-state index < -0.39 is 0 Å². The van der Waals surface area contributed by atoms with Crippen LogP contribution < -0.4 is 5.32 Å². The van der Waals surface area contributed by atoms with Gasteiger partial charge in [-0.25, -0.2) is 4.98 Å². The number of aromatic nitrogens is 2. The number of rotatable bonds is 5. The van der Waals surface area contributed by atoms with E-state index in [2.05, 4.69) is 40.3 Å². The van der Waals surface area contributed by atoms with Crippen molar-refractivity contribution in [2.75, 3.05) is 24.7 Å². The molecule has 0 saturated carbocycles. The molecule has 146 valence electrons. The second-order valence-electron chi connectivity index (χ2n) is 7.47. The predicted octanol–water partition coefficient (Wildman–Crippen LogP) is 4.44. The van der Waals surface area contributed by atoms with Crippen LogP contribution in [0.2, 0.25) is 0 Å². The van der Waals surface area contributed by atoms with Crippen LogP contribution in [0.15, 0.2) is 47.4 Å². The lowest BCUT2D eigenvalue weighted by Crippen LogP contribution is -2.38. The molecule has 0 bridgehead atoms. The number of carbonyl (C=O) groups excluding carboxylic acids is 1. The summed E-state index contributed by atoms with van der Waals surface area (Å²) in [5.74, 6) is 1.21. The minimum atomic E-state index is 0.0785. The first-order valence-electron chi connectivity index (χ1n) is 9.73. The standard InChI is InChI=1S/C22H26N4OS/c1-15-3-8-19-20(13-15)25-21(24-19)14-26-11-9-16(10-12-26)22(27)23-17-4-6-18(28-2)7-5-17/h3-8,13,16H,9-12,14H2,1-2H3,(H,23,27)(H,24,25). The summed E-state index contributed by atoms with van der Waals surface area (Å²) in [4.78, 5) is 24.3. The number of amides is 1. The van der Waals surface area contributed by atoms with Gasteiger partial charge in [-0.1, -0.05) is 6.07 Å². The molecule has 0 unspecified atom stereocenters. The number of H-pyrrole nitrogens is 1. The average molecular weight is 395 g/mol. The van der Waals surface area contributed by atoms with Gasteiger partial charge < -0.3 is 10.3 Å². The maximum absolute atomic E-state index is 12.6. The van der Waals surface area contributed by atoms with E-state index in [0.717, 1.165) is 55.0 Å². The second-order valence-corrected chi connectivity index (χ2v) is 8.35. The third-order valence-corrected chi connectivity index (χ3v) is 6.12. The molecule has 0 radical (unpaired) electrons. The molecule has 1 aliphatic heterocycles. The number of nitrogens with one attached hydrogen (secondary N) is 2. The minimum Gasteiger partial charge on any atom is -0.341 e. The number of carbonyl (C=O) groups is 1. The van der Waals surface area contributed by atoms with E-state index in [4.69, 9.17) is 4.98 Å². The molecular weight excluding hydrogens is 368 g/mol. The molecule has 2 N–H and O–H groups in total. The summed E-state index contributed by atoms with van der Waals surface area (Å²) in [6.45, 7) is 4.73. The highest BCUT2D eigenvalue weighted by Gasteiger charge is 2.25. The molecule has 1 amide bonds. The van der Waals surface area contributed by atoms with Gasteiger partial charge in [-0.2, -0.15) is 0 Å². The van der Waals surface area contributed by atoms with Crippen LogP contribution in [-0.4, -0.2) is 40.1 Å². The Morgan fingerprint density at radius 3 is 2.68 bits per heavy atom. The van der Waals surface area contributed by atoms with E-state index in [1.165, 1.54) is 10.5 Å². The Morgan fingerprint density at radius 2 is 1.96 bits per heavy atom. The lowest BCUT2D eigenvalue weighted by molar-refractivity contribution is -0.121. The number of imidazole rings is 1. The maximum atomic E-state index is 12.6. The first-order chi connectivity index (χ1) is 13.6. The Morgan fingerprint density at radius 1 is 1.21 bits per heavy atom. The van der Waals surface area contributed by atoms with Crippen molar-refractivity contribution < 1.29 is 4.79 Å². The Bertz CT molecular complexity index is 958. The fourth-order valence-corrected chi connectivity index (χ4v) is 4.14. The number of hydrogen-bond acceptors (Lipinski definition) is 4. The normalized spacial score (nSPS) is 15.8. The van der Waals surface area contributed by atoms with Gasteiger partial charge in [0.1, 0.15) is 5.82 Å². The predicted molar refractivity (Wildman–Crippen MR) is 116 cm³/mol. The average Bonchev–Trinajstić information content (AvgIpc) is 3.10. The lowest BCUT2D eigenvalue weighted by Gasteiger charge is -2.30. The quantitative estimate of drug-likeness (QED) is 0.628. The smallest absolute Gasteiger partial charge is 0.227 e. The highest BCUT2D eigenvalue weighted by atomic mass is 32.2. The zero-order chi connectivity index (χ0) is 19.5. The molecular formula is C22H26N4OS. The molecule has 1 fully saturated rings. The number of benzene rings is 2. The second kappa shape index (κ2) is 8.37. The van der Waals surface area contributed by atoms with E-state index in [1.54, 1.807) is 11.8 Å². The van der Waals surface area contributed by atoms with Crippen LogP contribution in [0.3, 0.4) is 0 Å². The highest BCUT2D eigenvalue weighted by molar-refractivity contribution is 7.98. The summed E-state index contributed by atoms with van der Waals surface area (Å²) in [5.41, 5.74) is 4.22. The van der Waals surface area contributed by atoms with Gasteiger partial charge in [0, 0.05) is 16.5 Å². The number of piperidine rings is 1. The van der Waals surface area contributed by atoms with Crippen LogP contribution in [0.25, 0.3) is 11.0 Å². The molecule has 4 rings (SSSR count). The number of hydrogen-bond donors (Lipinski definition) is 2. The summed E-state index contributed by atoms with van der Waals surface area (Å²) >= 11 is 1.70. The van der Waals surface area contributed by atoms with E-state index >= 15 is 0 Å². The number of aryl methyl sites for hydroxylation is 1.